The minimum Gasteiger partial charge on any atom is -0.330 e. The number of nitrogens with two attached hydrogens (primary N) is 1. The SMILES string of the molecule is CN1CCC(CN)C1c1csc2ccccc12. The lowest BCUT2D eigenvalue weighted by molar-refractivity contribution is 0.282. The second kappa shape index (κ2) is 4.41. The predicted octanol–water partition coefficient (Wildman–Crippen LogP) is 2.85. The fourth-order valence-corrected chi connectivity index (χ4v) is 3.98. The van der Waals surface area contributed by atoms with Gasteiger partial charge in [-0.05, 0) is 54.9 Å². The molecule has 90 valence electrons. The number of nitrogens with zero attached hydrogens (tertiary/aromatic N) is 1. The number of hydrogen-bond donors (Lipinski definition) is 1. The summed E-state index contributed by atoms with van der Waals surface area (Å²) in [5.74, 6) is 0.609. The average Bonchev–Trinajstić information content (AvgIpc) is 2.92. The van der Waals surface area contributed by atoms with E-state index < -0.39 is 0 Å². The Bertz CT molecular complexity index is 520. The maximum absolute atomic E-state index is 5.91. The molecule has 2 heterocycles. The first kappa shape index (κ1) is 11.2. The van der Waals surface area contributed by atoms with Crippen LogP contribution >= 0.6 is 11.3 Å². The van der Waals surface area contributed by atoms with Crippen molar-refractivity contribution in [2.75, 3.05) is 20.1 Å². The molecule has 2 nitrogen and oxygen atoms in total. The molecule has 1 aliphatic rings. The highest BCUT2D eigenvalue weighted by Gasteiger charge is 2.33. The maximum Gasteiger partial charge on any atom is 0.0400 e. The molecular formula is C14H18N2S. The molecule has 1 saturated heterocycles. The Hall–Kier alpha value is -0.900. The third kappa shape index (κ3) is 1.79. The van der Waals surface area contributed by atoms with Crippen LogP contribution in [0, 0.1) is 5.92 Å². The van der Waals surface area contributed by atoms with Crippen LogP contribution in [0.15, 0.2) is 29.6 Å². The van der Waals surface area contributed by atoms with Gasteiger partial charge in [0.1, 0.15) is 0 Å². The van der Waals surface area contributed by atoms with Gasteiger partial charge < -0.3 is 5.73 Å². The fraction of sp³-hybridized carbons (Fsp3) is 0.429. The third-order valence-electron chi connectivity index (χ3n) is 3.91. The summed E-state index contributed by atoms with van der Waals surface area (Å²) in [7, 11) is 2.22. The number of thiophene rings is 1. The lowest BCUT2D eigenvalue weighted by atomic mass is 9.93. The predicted molar refractivity (Wildman–Crippen MR) is 74.4 cm³/mol. The quantitative estimate of drug-likeness (QED) is 0.883. The Balaban J connectivity index is 2.08. The Labute approximate surface area is 106 Å². The summed E-state index contributed by atoms with van der Waals surface area (Å²) in [5, 5.41) is 3.73. The summed E-state index contributed by atoms with van der Waals surface area (Å²) in [6.07, 6.45) is 1.22. The van der Waals surface area contributed by atoms with Gasteiger partial charge in [-0.2, -0.15) is 0 Å². The molecule has 2 aromatic rings. The van der Waals surface area contributed by atoms with E-state index in [0.717, 1.165) is 13.1 Å². The van der Waals surface area contributed by atoms with Gasteiger partial charge in [-0.25, -0.2) is 0 Å². The lowest BCUT2D eigenvalue weighted by Crippen LogP contribution is -2.24. The monoisotopic (exact) mass is 246 g/mol. The highest BCUT2D eigenvalue weighted by molar-refractivity contribution is 7.17. The number of fused-ring (bicyclic) bond motifs is 1. The smallest absolute Gasteiger partial charge is 0.0400 e. The van der Waals surface area contributed by atoms with Crippen LogP contribution in [0.1, 0.15) is 18.0 Å². The Morgan fingerprint density at radius 2 is 2.24 bits per heavy atom. The minimum absolute atomic E-state index is 0.510. The Kier molecular flexibility index (Phi) is 2.90. The highest BCUT2D eigenvalue weighted by atomic mass is 32.1. The molecule has 2 N–H and O–H groups in total. The summed E-state index contributed by atoms with van der Waals surface area (Å²) < 4.78 is 1.39. The number of benzene rings is 1. The van der Waals surface area contributed by atoms with Crippen molar-refractivity contribution >= 4 is 21.4 Å². The average molecular weight is 246 g/mol. The van der Waals surface area contributed by atoms with Crippen molar-refractivity contribution < 1.29 is 0 Å². The zero-order valence-electron chi connectivity index (χ0n) is 10.1. The first-order chi connectivity index (χ1) is 8.31. The Morgan fingerprint density at radius 3 is 3.06 bits per heavy atom. The van der Waals surface area contributed by atoms with Gasteiger partial charge in [0, 0.05) is 10.7 Å². The molecule has 1 aromatic heterocycles. The molecule has 0 aliphatic carbocycles. The van der Waals surface area contributed by atoms with Gasteiger partial charge >= 0.3 is 0 Å². The minimum atomic E-state index is 0.510. The molecule has 1 aliphatic heterocycles. The molecule has 0 saturated carbocycles. The molecule has 2 atom stereocenters. The van der Waals surface area contributed by atoms with Crippen LogP contribution in [0.3, 0.4) is 0 Å². The van der Waals surface area contributed by atoms with Crippen LogP contribution in [0.4, 0.5) is 0 Å². The molecule has 1 aromatic carbocycles. The molecule has 1 fully saturated rings. The van der Waals surface area contributed by atoms with Crippen molar-refractivity contribution in [2.24, 2.45) is 11.7 Å². The van der Waals surface area contributed by atoms with E-state index in [4.69, 9.17) is 5.73 Å². The maximum atomic E-state index is 5.91. The second-order valence-electron chi connectivity index (χ2n) is 4.90. The zero-order chi connectivity index (χ0) is 11.8. The zero-order valence-corrected chi connectivity index (χ0v) is 10.9. The van der Waals surface area contributed by atoms with E-state index in [1.165, 1.54) is 22.1 Å². The van der Waals surface area contributed by atoms with Gasteiger partial charge in [0.15, 0.2) is 0 Å². The van der Waals surface area contributed by atoms with E-state index in [1.54, 1.807) is 0 Å². The van der Waals surface area contributed by atoms with Crippen LogP contribution in [-0.2, 0) is 0 Å². The van der Waals surface area contributed by atoms with Crippen molar-refractivity contribution in [3.8, 4) is 0 Å². The largest absolute Gasteiger partial charge is 0.330 e. The number of likely N-dealkylation sites (tertiary alicyclic amines) is 1. The van der Waals surface area contributed by atoms with Crippen molar-refractivity contribution in [1.82, 2.24) is 4.90 Å². The van der Waals surface area contributed by atoms with E-state index in [1.807, 2.05) is 11.3 Å². The summed E-state index contributed by atoms with van der Waals surface area (Å²) in [6.45, 7) is 1.95. The highest BCUT2D eigenvalue weighted by Crippen LogP contribution is 2.40. The van der Waals surface area contributed by atoms with Crippen LogP contribution in [0.5, 0.6) is 0 Å². The Morgan fingerprint density at radius 1 is 1.41 bits per heavy atom. The summed E-state index contributed by atoms with van der Waals surface area (Å²) in [6, 6.07) is 9.19. The standard InChI is InChI=1S/C14H18N2S/c1-16-7-6-10(8-15)14(16)12-9-17-13-5-3-2-4-11(12)13/h2-5,9-10,14H,6-8,15H2,1H3. The van der Waals surface area contributed by atoms with Gasteiger partial charge in [0.25, 0.3) is 0 Å². The van der Waals surface area contributed by atoms with Gasteiger partial charge in [-0.1, -0.05) is 18.2 Å². The summed E-state index contributed by atoms with van der Waals surface area (Å²) in [5.41, 5.74) is 7.39. The third-order valence-corrected chi connectivity index (χ3v) is 4.89. The van der Waals surface area contributed by atoms with Gasteiger partial charge in [-0.3, -0.25) is 4.90 Å². The van der Waals surface area contributed by atoms with Crippen LogP contribution in [-0.4, -0.2) is 25.0 Å². The molecule has 0 spiro atoms. The van der Waals surface area contributed by atoms with Gasteiger partial charge in [-0.15, -0.1) is 11.3 Å². The summed E-state index contributed by atoms with van der Waals surface area (Å²) in [4.78, 5) is 2.45. The lowest BCUT2D eigenvalue weighted by Gasteiger charge is -2.24. The van der Waals surface area contributed by atoms with Gasteiger partial charge in [0.05, 0.1) is 0 Å². The van der Waals surface area contributed by atoms with Crippen LogP contribution < -0.4 is 5.73 Å². The van der Waals surface area contributed by atoms with Crippen molar-refractivity contribution in [2.45, 2.75) is 12.5 Å². The fourth-order valence-electron chi connectivity index (χ4n) is 2.99. The van der Waals surface area contributed by atoms with Crippen LogP contribution in [0.25, 0.3) is 10.1 Å². The number of rotatable bonds is 2. The van der Waals surface area contributed by atoms with E-state index in [2.05, 4.69) is 41.6 Å². The first-order valence-corrected chi connectivity index (χ1v) is 7.05. The van der Waals surface area contributed by atoms with E-state index >= 15 is 0 Å². The molecule has 3 heteroatoms. The summed E-state index contributed by atoms with van der Waals surface area (Å²) >= 11 is 1.85. The number of hydrogen-bond acceptors (Lipinski definition) is 3. The molecule has 0 bridgehead atoms. The van der Waals surface area contributed by atoms with Gasteiger partial charge in [0.2, 0.25) is 0 Å². The first-order valence-electron chi connectivity index (χ1n) is 6.17. The second-order valence-corrected chi connectivity index (χ2v) is 5.81. The van der Waals surface area contributed by atoms with Crippen molar-refractivity contribution in [3.05, 3.63) is 35.2 Å². The molecule has 0 amide bonds. The molecule has 3 rings (SSSR count). The molecule has 0 radical (unpaired) electrons. The molecule has 2 unspecified atom stereocenters. The molecular weight excluding hydrogens is 228 g/mol. The van der Waals surface area contributed by atoms with E-state index in [-0.39, 0.29) is 0 Å². The molecule has 17 heavy (non-hydrogen) atoms. The van der Waals surface area contributed by atoms with Crippen molar-refractivity contribution in [3.63, 3.8) is 0 Å². The van der Waals surface area contributed by atoms with E-state index in [0.29, 0.717) is 12.0 Å². The topological polar surface area (TPSA) is 29.3 Å². The van der Waals surface area contributed by atoms with E-state index in [9.17, 15) is 0 Å². The van der Waals surface area contributed by atoms with Crippen molar-refractivity contribution in [1.29, 1.82) is 0 Å². The normalized spacial score (nSPS) is 25.8. The van der Waals surface area contributed by atoms with Crippen LogP contribution in [0.2, 0.25) is 0 Å².